The van der Waals surface area contributed by atoms with Crippen molar-refractivity contribution in [1.29, 1.82) is 5.26 Å². The molecule has 0 radical (unpaired) electrons. The van der Waals surface area contributed by atoms with Crippen molar-refractivity contribution < 1.29 is 9.53 Å². The molecule has 0 aromatic carbocycles. The molecule has 0 aliphatic carbocycles. The fourth-order valence-corrected chi connectivity index (χ4v) is 2.18. The summed E-state index contributed by atoms with van der Waals surface area (Å²) < 4.78 is 6.53. The molecule has 104 valence electrons. The number of carbonyl (C=O) groups is 1. The summed E-state index contributed by atoms with van der Waals surface area (Å²) in [7, 11) is 0. The van der Waals surface area contributed by atoms with Crippen LogP contribution in [0, 0.1) is 18.3 Å². The molecule has 6 heteroatoms. The van der Waals surface area contributed by atoms with Gasteiger partial charge in [-0.15, -0.1) is 0 Å². The quantitative estimate of drug-likeness (QED) is 0.800. The molecule has 0 spiro atoms. The molecule has 0 saturated carbocycles. The predicted octanol–water partition coefficient (Wildman–Crippen LogP) is 2.21. The molecular formula is C14H16N4O2. The van der Waals surface area contributed by atoms with Gasteiger partial charge in [-0.05, 0) is 19.8 Å². The monoisotopic (exact) mass is 272 g/mol. The van der Waals surface area contributed by atoms with E-state index >= 15 is 0 Å². The van der Waals surface area contributed by atoms with E-state index in [1.807, 2.05) is 13.8 Å². The largest absolute Gasteiger partial charge is 0.462 e. The molecule has 20 heavy (non-hydrogen) atoms. The van der Waals surface area contributed by atoms with E-state index in [4.69, 9.17) is 10.00 Å². The fourth-order valence-electron chi connectivity index (χ4n) is 2.18. The van der Waals surface area contributed by atoms with Crippen molar-refractivity contribution in [3.8, 4) is 6.07 Å². The van der Waals surface area contributed by atoms with Crippen molar-refractivity contribution in [1.82, 2.24) is 14.6 Å². The Hall–Kier alpha value is -2.42. The van der Waals surface area contributed by atoms with Gasteiger partial charge in [0.05, 0.1) is 24.1 Å². The third-order valence-corrected chi connectivity index (χ3v) is 3.04. The lowest BCUT2D eigenvalue weighted by atomic mass is 10.00. The van der Waals surface area contributed by atoms with E-state index in [2.05, 4.69) is 16.2 Å². The summed E-state index contributed by atoms with van der Waals surface area (Å²) in [6, 6.07) is 2.08. The second kappa shape index (κ2) is 5.29. The number of fused-ring (bicyclic) bond motifs is 1. The molecule has 2 heterocycles. The summed E-state index contributed by atoms with van der Waals surface area (Å²) in [6.45, 7) is 7.74. The molecular weight excluding hydrogens is 256 g/mol. The van der Waals surface area contributed by atoms with E-state index in [9.17, 15) is 4.79 Å². The highest BCUT2D eigenvalue weighted by atomic mass is 16.5. The average molecular weight is 272 g/mol. The standard InChI is InChI=1S/C14H16N4O2/c1-5-20-14(19)10-7-16-18-11(6-15)9(4)17-13(18)12(10)8(2)3/h7-8H,5H2,1-4H3. The minimum atomic E-state index is -0.412. The van der Waals surface area contributed by atoms with Crippen molar-refractivity contribution in [2.75, 3.05) is 6.61 Å². The smallest absolute Gasteiger partial charge is 0.340 e. The Labute approximate surface area is 117 Å². The van der Waals surface area contributed by atoms with Crippen LogP contribution >= 0.6 is 0 Å². The zero-order valence-electron chi connectivity index (χ0n) is 12.0. The Morgan fingerprint density at radius 2 is 2.25 bits per heavy atom. The minimum absolute atomic E-state index is 0.0632. The highest BCUT2D eigenvalue weighted by molar-refractivity contribution is 5.92. The number of rotatable bonds is 3. The summed E-state index contributed by atoms with van der Waals surface area (Å²) in [5.74, 6) is -0.349. The van der Waals surface area contributed by atoms with Crippen molar-refractivity contribution in [3.05, 3.63) is 28.7 Å². The highest BCUT2D eigenvalue weighted by Crippen LogP contribution is 2.25. The Morgan fingerprint density at radius 3 is 2.80 bits per heavy atom. The average Bonchev–Trinajstić information content (AvgIpc) is 2.72. The van der Waals surface area contributed by atoms with Gasteiger partial charge in [-0.2, -0.15) is 10.4 Å². The summed E-state index contributed by atoms with van der Waals surface area (Å²) in [5, 5.41) is 13.3. The second-order valence-electron chi connectivity index (χ2n) is 4.74. The fraction of sp³-hybridized carbons (Fsp3) is 0.429. The number of imidazole rings is 1. The molecule has 0 fully saturated rings. The molecule has 0 aliphatic rings. The molecule has 2 aromatic heterocycles. The van der Waals surface area contributed by atoms with Crippen LogP contribution in [0.2, 0.25) is 0 Å². The van der Waals surface area contributed by atoms with E-state index in [0.29, 0.717) is 29.2 Å². The van der Waals surface area contributed by atoms with Gasteiger partial charge in [0.2, 0.25) is 0 Å². The van der Waals surface area contributed by atoms with Crippen LogP contribution in [0.5, 0.6) is 0 Å². The first kappa shape index (κ1) is 14.0. The number of nitriles is 1. The molecule has 0 bridgehead atoms. The number of aryl methyl sites for hydroxylation is 1. The van der Waals surface area contributed by atoms with Gasteiger partial charge in [0, 0.05) is 5.56 Å². The summed E-state index contributed by atoms with van der Waals surface area (Å²) in [4.78, 5) is 16.4. The van der Waals surface area contributed by atoms with Gasteiger partial charge in [0.1, 0.15) is 6.07 Å². The van der Waals surface area contributed by atoms with Crippen molar-refractivity contribution in [2.24, 2.45) is 0 Å². The van der Waals surface area contributed by atoms with Crippen LogP contribution in [0.25, 0.3) is 5.65 Å². The second-order valence-corrected chi connectivity index (χ2v) is 4.74. The van der Waals surface area contributed by atoms with E-state index in [1.54, 1.807) is 13.8 Å². The Bertz CT molecular complexity index is 710. The van der Waals surface area contributed by atoms with Crippen LogP contribution in [-0.4, -0.2) is 27.2 Å². The highest BCUT2D eigenvalue weighted by Gasteiger charge is 2.22. The van der Waals surface area contributed by atoms with Gasteiger partial charge < -0.3 is 4.74 Å². The maximum Gasteiger partial charge on any atom is 0.340 e. The summed E-state index contributed by atoms with van der Waals surface area (Å²) >= 11 is 0. The maximum absolute atomic E-state index is 12.0. The lowest BCUT2D eigenvalue weighted by molar-refractivity contribution is 0.0524. The van der Waals surface area contributed by atoms with Crippen LogP contribution in [0.4, 0.5) is 0 Å². The number of esters is 1. The minimum Gasteiger partial charge on any atom is -0.462 e. The molecule has 6 nitrogen and oxygen atoms in total. The summed E-state index contributed by atoms with van der Waals surface area (Å²) in [6.07, 6.45) is 1.45. The van der Waals surface area contributed by atoms with E-state index in [-0.39, 0.29) is 5.92 Å². The van der Waals surface area contributed by atoms with Gasteiger partial charge in [-0.25, -0.2) is 14.3 Å². The zero-order valence-corrected chi connectivity index (χ0v) is 12.0. The lowest BCUT2D eigenvalue weighted by Crippen LogP contribution is -2.13. The maximum atomic E-state index is 12.0. The molecule has 0 saturated heterocycles. The number of carbonyl (C=O) groups excluding carboxylic acids is 1. The molecule has 0 amide bonds. The molecule has 2 rings (SSSR count). The van der Waals surface area contributed by atoms with Crippen LogP contribution in [0.15, 0.2) is 6.20 Å². The molecule has 0 atom stereocenters. The molecule has 0 aliphatic heterocycles. The van der Waals surface area contributed by atoms with E-state index in [1.165, 1.54) is 10.7 Å². The first-order chi connectivity index (χ1) is 9.51. The third-order valence-electron chi connectivity index (χ3n) is 3.04. The number of ether oxygens (including phenoxy) is 1. The molecule has 2 aromatic rings. The van der Waals surface area contributed by atoms with Gasteiger partial charge in [0.25, 0.3) is 0 Å². The van der Waals surface area contributed by atoms with Crippen LogP contribution in [0.3, 0.4) is 0 Å². The summed E-state index contributed by atoms with van der Waals surface area (Å²) in [5.41, 5.74) is 2.69. The Balaban J connectivity index is 2.77. The number of nitrogens with zero attached hydrogens (tertiary/aromatic N) is 4. The van der Waals surface area contributed by atoms with Crippen LogP contribution in [-0.2, 0) is 4.74 Å². The third kappa shape index (κ3) is 2.11. The van der Waals surface area contributed by atoms with Crippen molar-refractivity contribution in [2.45, 2.75) is 33.6 Å². The molecule has 0 unspecified atom stereocenters. The normalized spacial score (nSPS) is 10.8. The Morgan fingerprint density at radius 1 is 1.55 bits per heavy atom. The SMILES string of the molecule is CCOC(=O)c1cnn2c(C#N)c(C)nc2c1C(C)C. The number of hydrogen-bond acceptors (Lipinski definition) is 5. The van der Waals surface area contributed by atoms with Crippen LogP contribution < -0.4 is 0 Å². The van der Waals surface area contributed by atoms with Gasteiger partial charge >= 0.3 is 5.97 Å². The van der Waals surface area contributed by atoms with Crippen molar-refractivity contribution >= 4 is 11.6 Å². The molecule has 0 N–H and O–H groups in total. The van der Waals surface area contributed by atoms with Gasteiger partial charge in [-0.3, -0.25) is 0 Å². The topological polar surface area (TPSA) is 80.3 Å². The first-order valence-corrected chi connectivity index (χ1v) is 6.46. The predicted molar refractivity (Wildman–Crippen MR) is 72.5 cm³/mol. The first-order valence-electron chi connectivity index (χ1n) is 6.46. The van der Waals surface area contributed by atoms with E-state index < -0.39 is 5.97 Å². The van der Waals surface area contributed by atoms with E-state index in [0.717, 1.165) is 5.56 Å². The van der Waals surface area contributed by atoms with Crippen molar-refractivity contribution in [3.63, 3.8) is 0 Å². The number of aromatic nitrogens is 3. The number of hydrogen-bond donors (Lipinski definition) is 0. The zero-order chi connectivity index (χ0) is 14.9. The lowest BCUT2D eigenvalue weighted by Gasteiger charge is -2.12. The van der Waals surface area contributed by atoms with Crippen LogP contribution in [0.1, 0.15) is 54.0 Å². The van der Waals surface area contributed by atoms with Gasteiger partial charge in [-0.1, -0.05) is 13.8 Å². The van der Waals surface area contributed by atoms with Gasteiger partial charge in [0.15, 0.2) is 11.3 Å². The Kier molecular flexibility index (Phi) is 3.70.